The van der Waals surface area contributed by atoms with E-state index >= 15 is 0 Å². The van der Waals surface area contributed by atoms with Crippen LogP contribution in [0.3, 0.4) is 0 Å². The fraction of sp³-hybridized carbons (Fsp3) is 0.312. The van der Waals surface area contributed by atoms with Crippen molar-refractivity contribution in [3.05, 3.63) is 47.4 Å². The summed E-state index contributed by atoms with van der Waals surface area (Å²) in [6, 6.07) is 4.17. The van der Waals surface area contributed by atoms with Gasteiger partial charge in [-0.3, -0.25) is 4.79 Å². The number of nitrogens with one attached hydrogen (secondary N) is 2. The largest absolute Gasteiger partial charge is 0.347 e. The van der Waals surface area contributed by atoms with E-state index in [1.807, 2.05) is 0 Å². The van der Waals surface area contributed by atoms with Gasteiger partial charge in [-0.2, -0.15) is 0 Å². The first kappa shape index (κ1) is 18.2. The molecule has 1 atom stereocenters. The summed E-state index contributed by atoms with van der Waals surface area (Å²) in [5.41, 5.74) is 0.308. The summed E-state index contributed by atoms with van der Waals surface area (Å²) < 4.78 is 49.2. The summed E-state index contributed by atoms with van der Waals surface area (Å²) in [7, 11) is -3.11. The molecule has 1 fully saturated rings. The Bertz CT molecular complexity index is 966. The second kappa shape index (κ2) is 6.94. The number of nitrogens with zero attached hydrogens (tertiary/aromatic N) is 2. The van der Waals surface area contributed by atoms with E-state index in [0.717, 1.165) is 12.1 Å². The number of hydrogen-bond acceptors (Lipinski definition) is 6. The van der Waals surface area contributed by atoms with Crippen LogP contribution in [-0.2, 0) is 9.84 Å². The van der Waals surface area contributed by atoms with Crippen LogP contribution in [0.15, 0.2) is 24.3 Å². The van der Waals surface area contributed by atoms with Crippen molar-refractivity contribution in [3.8, 4) is 0 Å². The number of anilines is 2. The molecular weight excluding hydrogens is 366 g/mol. The first-order chi connectivity index (χ1) is 12.2. The molecule has 0 saturated carbocycles. The highest BCUT2D eigenvalue weighted by molar-refractivity contribution is 7.91. The Hall–Kier alpha value is -2.62. The zero-order valence-electron chi connectivity index (χ0n) is 13.8. The molecule has 1 unspecified atom stereocenters. The molecule has 10 heteroatoms. The lowest BCUT2D eigenvalue weighted by molar-refractivity contribution is 0.0935. The molecule has 1 aromatic carbocycles. The van der Waals surface area contributed by atoms with E-state index in [4.69, 9.17) is 0 Å². The van der Waals surface area contributed by atoms with Crippen LogP contribution in [0.25, 0.3) is 0 Å². The average molecular weight is 382 g/mol. The third-order valence-corrected chi connectivity index (χ3v) is 5.60. The number of rotatable bonds is 4. The number of aromatic nitrogens is 2. The van der Waals surface area contributed by atoms with Crippen LogP contribution in [0, 0.1) is 18.6 Å². The minimum atomic E-state index is -3.11. The third kappa shape index (κ3) is 4.31. The van der Waals surface area contributed by atoms with E-state index in [-0.39, 0.29) is 28.7 Å². The van der Waals surface area contributed by atoms with Crippen LogP contribution in [0.2, 0.25) is 0 Å². The lowest BCUT2D eigenvalue weighted by Crippen LogP contribution is -2.36. The molecule has 3 rings (SSSR count). The average Bonchev–Trinajstić information content (AvgIpc) is 2.89. The first-order valence-corrected chi connectivity index (χ1v) is 9.63. The first-order valence-electron chi connectivity index (χ1n) is 7.81. The normalized spacial score (nSPS) is 18.5. The topological polar surface area (TPSA) is 101 Å². The number of halogens is 2. The molecule has 1 amide bonds. The smallest absolute Gasteiger partial charge is 0.270 e. The molecule has 1 aliphatic heterocycles. The van der Waals surface area contributed by atoms with Crippen molar-refractivity contribution in [2.45, 2.75) is 19.4 Å². The van der Waals surface area contributed by atoms with Crippen molar-refractivity contribution in [2.24, 2.45) is 0 Å². The van der Waals surface area contributed by atoms with Crippen molar-refractivity contribution in [1.29, 1.82) is 0 Å². The molecule has 1 aliphatic rings. The van der Waals surface area contributed by atoms with Crippen LogP contribution in [-0.4, -0.2) is 41.8 Å². The Kier molecular flexibility index (Phi) is 4.86. The number of carbonyl (C=O) groups excluding carboxylic acids is 1. The van der Waals surface area contributed by atoms with Gasteiger partial charge in [0.2, 0.25) is 0 Å². The molecule has 26 heavy (non-hydrogen) atoms. The van der Waals surface area contributed by atoms with Gasteiger partial charge >= 0.3 is 0 Å². The van der Waals surface area contributed by atoms with Crippen molar-refractivity contribution in [3.63, 3.8) is 0 Å². The van der Waals surface area contributed by atoms with Gasteiger partial charge in [0.05, 0.1) is 11.5 Å². The summed E-state index contributed by atoms with van der Waals surface area (Å²) in [4.78, 5) is 20.5. The molecule has 1 saturated heterocycles. The van der Waals surface area contributed by atoms with Crippen molar-refractivity contribution in [2.75, 3.05) is 16.8 Å². The van der Waals surface area contributed by atoms with Gasteiger partial charge in [0.15, 0.2) is 21.5 Å². The molecular formula is C16H16F2N4O3S. The Morgan fingerprint density at radius 3 is 2.62 bits per heavy atom. The minimum Gasteiger partial charge on any atom is -0.347 e. The van der Waals surface area contributed by atoms with E-state index in [2.05, 4.69) is 20.6 Å². The number of hydrogen-bond donors (Lipinski definition) is 2. The number of benzene rings is 1. The number of amides is 1. The Balaban J connectivity index is 1.76. The predicted molar refractivity (Wildman–Crippen MR) is 90.9 cm³/mol. The highest BCUT2D eigenvalue weighted by Gasteiger charge is 2.29. The van der Waals surface area contributed by atoms with E-state index < -0.39 is 33.4 Å². The molecule has 2 heterocycles. The van der Waals surface area contributed by atoms with Crippen LogP contribution < -0.4 is 10.6 Å². The van der Waals surface area contributed by atoms with Gasteiger partial charge in [-0.15, -0.1) is 0 Å². The second-order valence-electron chi connectivity index (χ2n) is 6.01. The van der Waals surface area contributed by atoms with Gasteiger partial charge in [0.25, 0.3) is 5.91 Å². The predicted octanol–water partition coefficient (Wildman–Crippen LogP) is 1.72. The molecule has 0 radical (unpaired) electrons. The van der Waals surface area contributed by atoms with Gasteiger partial charge in [0.1, 0.15) is 17.3 Å². The highest BCUT2D eigenvalue weighted by Crippen LogP contribution is 2.19. The molecule has 0 aliphatic carbocycles. The number of sulfone groups is 1. The Morgan fingerprint density at radius 1 is 1.19 bits per heavy atom. The van der Waals surface area contributed by atoms with Gasteiger partial charge in [-0.05, 0) is 25.5 Å². The monoisotopic (exact) mass is 382 g/mol. The van der Waals surface area contributed by atoms with Crippen molar-refractivity contribution >= 4 is 27.2 Å². The molecule has 0 spiro atoms. The summed E-state index contributed by atoms with van der Waals surface area (Å²) in [6.45, 7) is 1.58. The minimum absolute atomic E-state index is 0.0453. The van der Waals surface area contributed by atoms with Crippen molar-refractivity contribution < 1.29 is 22.0 Å². The van der Waals surface area contributed by atoms with Gasteiger partial charge in [-0.25, -0.2) is 27.2 Å². The van der Waals surface area contributed by atoms with Gasteiger partial charge < -0.3 is 10.6 Å². The maximum Gasteiger partial charge on any atom is 0.270 e. The fourth-order valence-electron chi connectivity index (χ4n) is 2.64. The van der Waals surface area contributed by atoms with E-state index in [0.29, 0.717) is 12.2 Å². The third-order valence-electron chi connectivity index (χ3n) is 3.83. The number of carbonyl (C=O) groups is 1. The van der Waals surface area contributed by atoms with E-state index in [1.165, 1.54) is 12.1 Å². The quantitative estimate of drug-likeness (QED) is 0.835. The van der Waals surface area contributed by atoms with Gasteiger partial charge in [0, 0.05) is 23.9 Å². The SMILES string of the molecule is Cc1nc(Nc2ccc(F)c(F)c2)cc(C(=O)NC2CCS(=O)(=O)C2)n1. The van der Waals surface area contributed by atoms with E-state index in [1.54, 1.807) is 6.92 Å². The van der Waals surface area contributed by atoms with Gasteiger partial charge in [-0.1, -0.05) is 0 Å². The maximum absolute atomic E-state index is 13.3. The van der Waals surface area contributed by atoms with Crippen molar-refractivity contribution in [1.82, 2.24) is 15.3 Å². The number of aryl methyl sites for hydroxylation is 1. The van der Waals surface area contributed by atoms with Crippen LogP contribution in [0.1, 0.15) is 22.7 Å². The standard InChI is InChI=1S/C16H16F2N4O3S/c1-9-19-14(16(23)22-11-4-5-26(24,25)8-11)7-15(20-9)21-10-2-3-12(17)13(18)6-10/h2-3,6-7,11H,4-5,8H2,1H3,(H,22,23)(H,19,20,21). The van der Waals surface area contributed by atoms with E-state index in [9.17, 15) is 22.0 Å². The Morgan fingerprint density at radius 2 is 1.96 bits per heavy atom. The zero-order chi connectivity index (χ0) is 18.9. The lowest BCUT2D eigenvalue weighted by Gasteiger charge is -2.12. The maximum atomic E-state index is 13.3. The lowest BCUT2D eigenvalue weighted by atomic mass is 10.2. The zero-order valence-corrected chi connectivity index (χ0v) is 14.6. The summed E-state index contributed by atoms with van der Waals surface area (Å²) >= 11 is 0. The van der Waals surface area contributed by atoms with Crippen LogP contribution in [0.5, 0.6) is 0 Å². The van der Waals surface area contributed by atoms with Crippen LogP contribution in [0.4, 0.5) is 20.3 Å². The summed E-state index contributed by atoms with van der Waals surface area (Å²) in [5.74, 6) is -2.03. The second-order valence-corrected chi connectivity index (χ2v) is 8.24. The Labute approximate surface area is 148 Å². The molecule has 0 bridgehead atoms. The fourth-order valence-corrected chi connectivity index (χ4v) is 4.31. The molecule has 2 aromatic rings. The molecule has 138 valence electrons. The molecule has 2 N–H and O–H groups in total. The summed E-state index contributed by atoms with van der Waals surface area (Å²) in [5, 5.41) is 5.42. The molecule has 1 aromatic heterocycles. The van der Waals surface area contributed by atoms with Crippen LogP contribution >= 0.6 is 0 Å². The molecule has 7 nitrogen and oxygen atoms in total. The highest BCUT2D eigenvalue weighted by atomic mass is 32.2. The summed E-state index contributed by atoms with van der Waals surface area (Å²) in [6.07, 6.45) is 0.359.